The fraction of sp³-hybridized carbons (Fsp3) is 0. The first-order valence-electron chi connectivity index (χ1n) is 5.00. The zero-order chi connectivity index (χ0) is 11.7. The molecule has 4 heteroatoms. The molecule has 0 radical (unpaired) electrons. The fourth-order valence-corrected chi connectivity index (χ4v) is 2.37. The molecule has 0 aliphatic rings. The van der Waals surface area contributed by atoms with E-state index in [1.807, 2.05) is 29.1 Å². The monoisotopic (exact) mass is 258 g/mol. The van der Waals surface area contributed by atoms with Gasteiger partial charge in [0.1, 0.15) is 5.65 Å². The molecule has 1 N–H and O–H groups in total. The second-order valence-corrected chi connectivity index (χ2v) is 4.65. The Morgan fingerprint density at radius 1 is 1.29 bits per heavy atom. The summed E-state index contributed by atoms with van der Waals surface area (Å²) in [7, 11) is 0. The minimum absolute atomic E-state index is 0.652. The number of hydrogen-bond acceptors (Lipinski definition) is 2. The summed E-state index contributed by atoms with van der Waals surface area (Å²) in [4.78, 5) is 7.28. The lowest BCUT2D eigenvalue weighted by atomic mass is 10.2. The van der Waals surface area contributed by atoms with Gasteiger partial charge < -0.3 is 4.98 Å². The van der Waals surface area contributed by atoms with Crippen LogP contribution in [-0.4, -0.2) is 9.97 Å². The summed E-state index contributed by atoms with van der Waals surface area (Å²) < 4.78 is 0. The number of aromatic nitrogens is 2. The molecule has 3 rings (SSSR count). The summed E-state index contributed by atoms with van der Waals surface area (Å²) >= 11 is 7.89. The van der Waals surface area contributed by atoms with Gasteiger partial charge in [0.15, 0.2) is 0 Å². The summed E-state index contributed by atoms with van der Waals surface area (Å²) in [5.41, 5.74) is 2.54. The highest BCUT2D eigenvalue weighted by Gasteiger charge is 2.05. The Labute approximate surface area is 107 Å². The second-order valence-electron chi connectivity index (χ2n) is 3.49. The molecule has 0 aromatic carbocycles. The van der Waals surface area contributed by atoms with Crippen LogP contribution in [0.4, 0.5) is 0 Å². The minimum Gasteiger partial charge on any atom is -0.346 e. The average molecular weight is 259 g/mol. The smallest absolute Gasteiger partial charge is 0.138 e. The van der Waals surface area contributed by atoms with Crippen molar-refractivity contribution in [3.05, 3.63) is 51.4 Å². The van der Waals surface area contributed by atoms with Gasteiger partial charge in [-0.25, -0.2) is 4.98 Å². The van der Waals surface area contributed by atoms with E-state index in [2.05, 4.69) is 21.8 Å². The number of hydrogen-bond donors (Lipinski definition) is 1. The molecule has 0 saturated carbocycles. The molecular formula is C13H7ClN2S. The Morgan fingerprint density at radius 2 is 2.24 bits per heavy atom. The Bertz CT molecular complexity index is 717. The van der Waals surface area contributed by atoms with Gasteiger partial charge in [0.05, 0.1) is 10.6 Å². The molecule has 0 bridgehead atoms. The molecule has 2 nitrogen and oxygen atoms in total. The summed E-state index contributed by atoms with van der Waals surface area (Å²) in [6.45, 7) is 0. The number of nitrogens with one attached hydrogen (secondary N) is 1. The molecule has 0 spiro atoms. The van der Waals surface area contributed by atoms with Crippen LogP contribution in [0.15, 0.2) is 35.3 Å². The van der Waals surface area contributed by atoms with Gasteiger partial charge in [-0.15, -0.1) is 0 Å². The van der Waals surface area contributed by atoms with E-state index in [-0.39, 0.29) is 0 Å². The summed E-state index contributed by atoms with van der Waals surface area (Å²) in [6, 6.07) is 3.88. The van der Waals surface area contributed by atoms with Gasteiger partial charge in [-0.2, -0.15) is 11.3 Å². The van der Waals surface area contributed by atoms with Crippen LogP contribution in [0.1, 0.15) is 11.1 Å². The number of aromatic amines is 1. The van der Waals surface area contributed by atoms with Crippen molar-refractivity contribution in [3.63, 3.8) is 0 Å². The number of pyridine rings is 1. The topological polar surface area (TPSA) is 28.7 Å². The normalized spacial score (nSPS) is 10.2. The van der Waals surface area contributed by atoms with Crippen molar-refractivity contribution in [3.8, 4) is 11.8 Å². The van der Waals surface area contributed by atoms with Crippen LogP contribution in [-0.2, 0) is 0 Å². The standard InChI is InChI=1S/C13H7ClN2S/c14-12-10(2-1-9-4-6-17-8-9)7-16-13-11(12)3-5-15-13/h3-8H,(H,15,16). The van der Waals surface area contributed by atoms with E-state index in [1.54, 1.807) is 17.5 Å². The Morgan fingerprint density at radius 3 is 3.06 bits per heavy atom. The van der Waals surface area contributed by atoms with Crippen LogP contribution < -0.4 is 0 Å². The highest BCUT2D eigenvalue weighted by Crippen LogP contribution is 2.24. The molecule has 3 aromatic rings. The lowest BCUT2D eigenvalue weighted by Gasteiger charge is -1.96. The highest BCUT2D eigenvalue weighted by molar-refractivity contribution is 7.08. The first-order valence-corrected chi connectivity index (χ1v) is 6.32. The molecule has 0 aliphatic heterocycles. The lowest BCUT2D eigenvalue weighted by Crippen LogP contribution is -1.83. The van der Waals surface area contributed by atoms with Gasteiger partial charge in [-0.1, -0.05) is 23.4 Å². The van der Waals surface area contributed by atoms with Crippen molar-refractivity contribution in [2.75, 3.05) is 0 Å². The summed E-state index contributed by atoms with van der Waals surface area (Å²) in [5, 5.41) is 5.56. The molecule has 0 saturated heterocycles. The van der Waals surface area contributed by atoms with Gasteiger partial charge in [-0.3, -0.25) is 0 Å². The van der Waals surface area contributed by atoms with Crippen molar-refractivity contribution in [1.29, 1.82) is 0 Å². The first-order chi connectivity index (χ1) is 8.34. The van der Waals surface area contributed by atoms with E-state index < -0.39 is 0 Å². The largest absolute Gasteiger partial charge is 0.346 e. The fourth-order valence-electron chi connectivity index (χ4n) is 1.54. The van der Waals surface area contributed by atoms with Crippen LogP contribution in [0.5, 0.6) is 0 Å². The molecular weight excluding hydrogens is 252 g/mol. The van der Waals surface area contributed by atoms with Crippen molar-refractivity contribution in [1.82, 2.24) is 9.97 Å². The zero-order valence-corrected chi connectivity index (χ0v) is 10.3. The van der Waals surface area contributed by atoms with Gasteiger partial charge in [0.25, 0.3) is 0 Å². The third-order valence-corrected chi connectivity index (χ3v) is 3.47. The molecule has 82 valence electrons. The maximum Gasteiger partial charge on any atom is 0.138 e. The molecule has 0 amide bonds. The number of fused-ring (bicyclic) bond motifs is 1. The van der Waals surface area contributed by atoms with Crippen molar-refractivity contribution in [2.24, 2.45) is 0 Å². The van der Waals surface area contributed by atoms with E-state index in [4.69, 9.17) is 11.6 Å². The molecule has 3 heterocycles. The van der Waals surface area contributed by atoms with E-state index >= 15 is 0 Å². The van der Waals surface area contributed by atoms with Gasteiger partial charge in [0.2, 0.25) is 0 Å². The number of nitrogens with zero attached hydrogens (tertiary/aromatic N) is 1. The minimum atomic E-state index is 0.652. The third kappa shape index (κ3) is 1.93. The first kappa shape index (κ1) is 10.4. The van der Waals surface area contributed by atoms with Gasteiger partial charge in [-0.05, 0) is 17.5 Å². The average Bonchev–Trinajstić information content (AvgIpc) is 2.99. The molecule has 17 heavy (non-hydrogen) atoms. The Balaban J connectivity index is 2.09. The van der Waals surface area contributed by atoms with Crippen LogP contribution in [0.3, 0.4) is 0 Å². The number of halogens is 1. The number of H-pyrrole nitrogens is 1. The predicted octanol–water partition coefficient (Wildman–Crippen LogP) is 3.68. The molecule has 0 aliphatic carbocycles. The van der Waals surface area contributed by atoms with Crippen molar-refractivity contribution < 1.29 is 0 Å². The quantitative estimate of drug-likeness (QED) is 0.612. The SMILES string of the molecule is Clc1c(C#Cc2ccsc2)cnc2[nH]ccc12. The predicted molar refractivity (Wildman–Crippen MR) is 71.4 cm³/mol. The van der Waals surface area contributed by atoms with Crippen molar-refractivity contribution >= 4 is 34.0 Å². The van der Waals surface area contributed by atoms with E-state index in [1.165, 1.54) is 0 Å². The second kappa shape index (κ2) is 4.25. The van der Waals surface area contributed by atoms with E-state index in [0.29, 0.717) is 5.02 Å². The summed E-state index contributed by atoms with van der Waals surface area (Å²) in [6.07, 6.45) is 3.51. The Kier molecular flexibility index (Phi) is 2.60. The molecule has 0 unspecified atom stereocenters. The van der Waals surface area contributed by atoms with Crippen LogP contribution in [0.25, 0.3) is 11.0 Å². The van der Waals surface area contributed by atoms with Crippen LogP contribution in [0, 0.1) is 11.8 Å². The van der Waals surface area contributed by atoms with Crippen molar-refractivity contribution in [2.45, 2.75) is 0 Å². The third-order valence-electron chi connectivity index (χ3n) is 2.38. The number of rotatable bonds is 0. The van der Waals surface area contributed by atoms with Crippen LogP contribution in [0.2, 0.25) is 5.02 Å². The lowest BCUT2D eigenvalue weighted by molar-refractivity contribution is 1.32. The summed E-state index contributed by atoms with van der Waals surface area (Å²) in [5.74, 6) is 6.11. The zero-order valence-electron chi connectivity index (χ0n) is 8.70. The van der Waals surface area contributed by atoms with Crippen LogP contribution >= 0.6 is 22.9 Å². The maximum absolute atomic E-state index is 6.26. The number of thiophene rings is 1. The molecule has 0 atom stereocenters. The maximum atomic E-state index is 6.26. The van der Waals surface area contributed by atoms with Gasteiger partial charge >= 0.3 is 0 Å². The molecule has 0 fully saturated rings. The Hall–Kier alpha value is -1.76. The highest BCUT2D eigenvalue weighted by atomic mass is 35.5. The van der Waals surface area contributed by atoms with E-state index in [9.17, 15) is 0 Å². The molecule has 3 aromatic heterocycles. The van der Waals surface area contributed by atoms with E-state index in [0.717, 1.165) is 22.2 Å². The van der Waals surface area contributed by atoms with Gasteiger partial charge in [0, 0.05) is 28.7 Å².